The van der Waals surface area contributed by atoms with Crippen LogP contribution in [0.25, 0.3) is 0 Å². The molecule has 1 aromatic rings. The van der Waals surface area contributed by atoms with Gasteiger partial charge in [-0.2, -0.15) is 0 Å². The smallest absolute Gasteiger partial charge is 0.264 e. The standard InChI is InChI=1S/C14H18ClN3O2/c1-18(2)8-7-16-14(19)13-9-12(17-20-13)10-3-5-11(15)6-4-10/h3-6,13H,7-9H2,1-2H3,(H,16,19)/t13-/m0/s1. The summed E-state index contributed by atoms with van der Waals surface area (Å²) in [6.07, 6.45) is -0.0575. The second-order valence-corrected chi connectivity index (χ2v) is 5.37. The molecule has 1 atom stereocenters. The van der Waals surface area contributed by atoms with E-state index in [2.05, 4.69) is 10.5 Å². The molecule has 0 unspecified atom stereocenters. The number of amides is 1. The Morgan fingerprint density at radius 1 is 1.45 bits per heavy atom. The SMILES string of the molecule is CN(C)CCNC(=O)[C@@H]1CC(c2ccc(Cl)cc2)=NO1. The molecular formula is C14H18ClN3O2. The zero-order chi connectivity index (χ0) is 14.5. The fourth-order valence-corrected chi connectivity index (χ4v) is 1.97. The van der Waals surface area contributed by atoms with E-state index in [4.69, 9.17) is 16.4 Å². The van der Waals surface area contributed by atoms with E-state index in [9.17, 15) is 4.79 Å². The van der Waals surface area contributed by atoms with Gasteiger partial charge in [-0.05, 0) is 31.8 Å². The van der Waals surface area contributed by atoms with Crippen LogP contribution in [-0.2, 0) is 9.63 Å². The van der Waals surface area contributed by atoms with Crippen molar-refractivity contribution in [2.45, 2.75) is 12.5 Å². The van der Waals surface area contributed by atoms with Crippen LogP contribution in [0.2, 0.25) is 5.02 Å². The minimum atomic E-state index is -0.539. The highest BCUT2D eigenvalue weighted by molar-refractivity contribution is 6.30. The van der Waals surface area contributed by atoms with Crippen molar-refractivity contribution in [1.82, 2.24) is 10.2 Å². The van der Waals surface area contributed by atoms with E-state index < -0.39 is 6.10 Å². The molecule has 1 aliphatic heterocycles. The Hall–Kier alpha value is -1.59. The first kappa shape index (κ1) is 14.8. The third-order valence-corrected chi connectivity index (χ3v) is 3.25. The van der Waals surface area contributed by atoms with Crippen LogP contribution in [-0.4, -0.2) is 49.8 Å². The number of carbonyl (C=O) groups excluding carboxylic acids is 1. The zero-order valence-electron chi connectivity index (χ0n) is 11.6. The number of rotatable bonds is 5. The number of benzene rings is 1. The number of carbonyl (C=O) groups is 1. The maximum atomic E-state index is 11.9. The van der Waals surface area contributed by atoms with Crippen molar-refractivity contribution in [3.05, 3.63) is 34.9 Å². The molecule has 5 nitrogen and oxygen atoms in total. The molecule has 0 aromatic heterocycles. The zero-order valence-corrected chi connectivity index (χ0v) is 12.4. The second kappa shape index (κ2) is 6.72. The van der Waals surface area contributed by atoms with Gasteiger partial charge in [-0.15, -0.1) is 0 Å². The summed E-state index contributed by atoms with van der Waals surface area (Å²) in [5.74, 6) is -0.125. The lowest BCUT2D eigenvalue weighted by Crippen LogP contribution is -2.38. The average molecular weight is 296 g/mol. The van der Waals surface area contributed by atoms with Gasteiger partial charge in [0.15, 0.2) is 0 Å². The number of oxime groups is 1. The maximum absolute atomic E-state index is 11.9. The summed E-state index contributed by atoms with van der Waals surface area (Å²) in [5, 5.41) is 7.49. The number of hydrogen-bond acceptors (Lipinski definition) is 4. The van der Waals surface area contributed by atoms with Crippen molar-refractivity contribution in [1.29, 1.82) is 0 Å². The minimum absolute atomic E-state index is 0.125. The van der Waals surface area contributed by atoms with Crippen molar-refractivity contribution in [3.63, 3.8) is 0 Å². The summed E-state index contributed by atoms with van der Waals surface area (Å²) in [7, 11) is 3.92. The highest BCUT2D eigenvalue weighted by Crippen LogP contribution is 2.18. The molecule has 0 bridgehead atoms. The van der Waals surface area contributed by atoms with E-state index in [0.717, 1.165) is 17.8 Å². The van der Waals surface area contributed by atoms with E-state index in [1.54, 1.807) is 12.1 Å². The van der Waals surface area contributed by atoms with Crippen molar-refractivity contribution in [3.8, 4) is 0 Å². The molecule has 1 amide bonds. The predicted molar refractivity (Wildman–Crippen MR) is 79.0 cm³/mol. The van der Waals surface area contributed by atoms with Gasteiger partial charge in [0.25, 0.3) is 5.91 Å². The maximum Gasteiger partial charge on any atom is 0.264 e. The van der Waals surface area contributed by atoms with Crippen LogP contribution in [0.4, 0.5) is 0 Å². The molecule has 1 aromatic carbocycles. The third-order valence-electron chi connectivity index (χ3n) is 3.00. The molecule has 108 valence electrons. The van der Waals surface area contributed by atoms with Crippen LogP contribution in [0.15, 0.2) is 29.4 Å². The van der Waals surface area contributed by atoms with Crippen LogP contribution in [0.5, 0.6) is 0 Å². The number of hydrogen-bond donors (Lipinski definition) is 1. The highest BCUT2D eigenvalue weighted by Gasteiger charge is 2.28. The monoisotopic (exact) mass is 295 g/mol. The molecule has 0 saturated carbocycles. The van der Waals surface area contributed by atoms with E-state index in [0.29, 0.717) is 18.0 Å². The summed E-state index contributed by atoms with van der Waals surface area (Å²) in [6.45, 7) is 1.39. The van der Waals surface area contributed by atoms with Crippen LogP contribution >= 0.6 is 11.6 Å². The number of nitrogens with zero attached hydrogens (tertiary/aromatic N) is 2. The first-order chi connectivity index (χ1) is 9.56. The van der Waals surface area contributed by atoms with E-state index in [1.807, 2.05) is 31.1 Å². The Kier molecular flexibility index (Phi) is 4.98. The Labute approximate surface area is 123 Å². The Morgan fingerprint density at radius 2 is 2.15 bits per heavy atom. The largest absolute Gasteiger partial charge is 0.382 e. The van der Waals surface area contributed by atoms with Crippen molar-refractivity contribution in [2.75, 3.05) is 27.2 Å². The van der Waals surface area contributed by atoms with Gasteiger partial charge in [-0.25, -0.2) is 0 Å². The first-order valence-electron chi connectivity index (χ1n) is 6.47. The molecule has 2 rings (SSSR count). The average Bonchev–Trinajstić information content (AvgIpc) is 2.88. The number of likely N-dealkylation sites (N-methyl/N-ethyl adjacent to an activating group) is 1. The number of halogens is 1. The third kappa shape index (κ3) is 3.95. The first-order valence-corrected chi connectivity index (χ1v) is 6.85. The molecule has 0 aliphatic carbocycles. The topological polar surface area (TPSA) is 53.9 Å². The molecule has 1 heterocycles. The van der Waals surface area contributed by atoms with E-state index in [1.165, 1.54) is 0 Å². The lowest BCUT2D eigenvalue weighted by molar-refractivity contribution is -0.131. The van der Waals surface area contributed by atoms with Crippen LogP contribution in [0.3, 0.4) is 0 Å². The molecular weight excluding hydrogens is 278 g/mol. The van der Waals surface area contributed by atoms with Crippen LogP contribution in [0.1, 0.15) is 12.0 Å². The molecule has 6 heteroatoms. The Morgan fingerprint density at radius 3 is 2.80 bits per heavy atom. The summed E-state index contributed by atoms with van der Waals surface area (Å²) in [4.78, 5) is 19.1. The summed E-state index contributed by atoms with van der Waals surface area (Å²) in [5.41, 5.74) is 1.70. The Balaban J connectivity index is 1.84. The van der Waals surface area contributed by atoms with Crippen molar-refractivity contribution in [2.24, 2.45) is 5.16 Å². The van der Waals surface area contributed by atoms with Gasteiger partial charge in [-0.1, -0.05) is 28.9 Å². The molecule has 1 N–H and O–H groups in total. The van der Waals surface area contributed by atoms with Crippen LogP contribution < -0.4 is 5.32 Å². The lowest BCUT2D eigenvalue weighted by Gasteiger charge is -2.12. The molecule has 0 saturated heterocycles. The Bertz CT molecular complexity index is 500. The minimum Gasteiger partial charge on any atom is -0.382 e. The van der Waals surface area contributed by atoms with E-state index in [-0.39, 0.29) is 5.91 Å². The molecule has 0 fully saturated rings. The van der Waals surface area contributed by atoms with Crippen molar-refractivity contribution < 1.29 is 9.63 Å². The van der Waals surface area contributed by atoms with Crippen molar-refractivity contribution >= 4 is 23.2 Å². The van der Waals surface area contributed by atoms with Gasteiger partial charge in [0.2, 0.25) is 6.10 Å². The van der Waals surface area contributed by atoms with Gasteiger partial charge in [0.05, 0.1) is 5.71 Å². The second-order valence-electron chi connectivity index (χ2n) is 4.94. The molecule has 1 aliphatic rings. The van der Waals surface area contributed by atoms with Gasteiger partial charge >= 0.3 is 0 Å². The highest BCUT2D eigenvalue weighted by atomic mass is 35.5. The molecule has 20 heavy (non-hydrogen) atoms. The molecule has 0 spiro atoms. The predicted octanol–water partition coefficient (Wildman–Crippen LogP) is 1.51. The normalized spacial score (nSPS) is 17.8. The summed E-state index contributed by atoms with van der Waals surface area (Å²) >= 11 is 5.84. The van der Waals surface area contributed by atoms with Gasteiger partial charge < -0.3 is 15.1 Å². The quantitative estimate of drug-likeness (QED) is 0.896. The summed E-state index contributed by atoms with van der Waals surface area (Å²) < 4.78 is 0. The van der Waals surface area contributed by atoms with Crippen LogP contribution in [0, 0.1) is 0 Å². The van der Waals surface area contributed by atoms with E-state index >= 15 is 0 Å². The van der Waals surface area contributed by atoms with Gasteiger partial charge in [0, 0.05) is 24.5 Å². The van der Waals surface area contributed by atoms with Gasteiger partial charge in [0.1, 0.15) is 0 Å². The lowest BCUT2D eigenvalue weighted by atomic mass is 10.0. The van der Waals surface area contributed by atoms with Gasteiger partial charge in [-0.3, -0.25) is 4.79 Å². The number of nitrogens with one attached hydrogen (secondary N) is 1. The molecule has 0 radical (unpaired) electrons. The fraction of sp³-hybridized carbons (Fsp3) is 0.429. The summed E-state index contributed by atoms with van der Waals surface area (Å²) in [6, 6.07) is 7.33. The fourth-order valence-electron chi connectivity index (χ4n) is 1.85.